The van der Waals surface area contributed by atoms with Gasteiger partial charge in [0.2, 0.25) is 0 Å². The van der Waals surface area contributed by atoms with Gasteiger partial charge < -0.3 is 24.5 Å². The Bertz CT molecular complexity index is 1280. The number of piperazine rings is 1. The van der Waals surface area contributed by atoms with Gasteiger partial charge in [-0.3, -0.25) is 0 Å². The SMILES string of the molecule is COc1cccnc1N1CCN(c2nc(C3(F)CCC3)nc3c(Cl)cc(N4CC[C@@H](O)C4)cc23)CC1. The maximum Gasteiger partial charge on any atom is 0.171 e. The number of nitrogens with zero attached hydrogens (tertiary/aromatic N) is 6. The number of ether oxygens (including phenoxy) is 1. The molecule has 0 radical (unpaired) electrons. The third kappa shape index (κ3) is 4.08. The summed E-state index contributed by atoms with van der Waals surface area (Å²) in [6, 6.07) is 7.69. The number of halogens is 2. The molecule has 10 heteroatoms. The first-order chi connectivity index (χ1) is 17.4. The van der Waals surface area contributed by atoms with Gasteiger partial charge in [-0.1, -0.05) is 11.6 Å². The molecule has 0 spiro atoms. The molecule has 1 aromatic carbocycles. The van der Waals surface area contributed by atoms with Crippen LogP contribution in [0.1, 0.15) is 31.5 Å². The van der Waals surface area contributed by atoms with Crippen LogP contribution < -0.4 is 19.4 Å². The molecule has 2 aliphatic heterocycles. The summed E-state index contributed by atoms with van der Waals surface area (Å²) in [6.07, 6.45) is 3.86. The largest absolute Gasteiger partial charge is 0.493 e. The van der Waals surface area contributed by atoms with E-state index < -0.39 is 5.67 Å². The predicted molar refractivity (Wildman–Crippen MR) is 139 cm³/mol. The Hall–Kier alpha value is -2.91. The number of aromatic nitrogens is 3. The van der Waals surface area contributed by atoms with Crippen LogP contribution in [-0.4, -0.2) is 72.5 Å². The lowest BCUT2D eigenvalue weighted by Crippen LogP contribution is -2.47. The van der Waals surface area contributed by atoms with Gasteiger partial charge in [0.05, 0.1) is 23.8 Å². The number of hydrogen-bond donors (Lipinski definition) is 1. The summed E-state index contributed by atoms with van der Waals surface area (Å²) in [7, 11) is 1.65. The Kier molecular flexibility index (Phi) is 6.00. The van der Waals surface area contributed by atoms with E-state index in [9.17, 15) is 5.11 Å². The van der Waals surface area contributed by atoms with Crippen LogP contribution in [0.2, 0.25) is 5.02 Å². The predicted octanol–water partition coefficient (Wildman–Crippen LogP) is 3.93. The fourth-order valence-electron chi connectivity index (χ4n) is 5.38. The lowest BCUT2D eigenvalue weighted by atomic mass is 9.81. The zero-order valence-corrected chi connectivity index (χ0v) is 21.1. The Labute approximate surface area is 214 Å². The van der Waals surface area contributed by atoms with Crippen LogP contribution in [0.15, 0.2) is 30.5 Å². The number of pyridine rings is 1. The second kappa shape index (κ2) is 9.19. The van der Waals surface area contributed by atoms with Crippen molar-refractivity contribution in [2.24, 2.45) is 0 Å². The van der Waals surface area contributed by atoms with Crippen molar-refractivity contribution in [3.63, 3.8) is 0 Å². The third-order valence-corrected chi connectivity index (χ3v) is 7.93. The van der Waals surface area contributed by atoms with Crippen molar-refractivity contribution in [1.82, 2.24) is 15.0 Å². The van der Waals surface area contributed by atoms with Crippen LogP contribution in [0.5, 0.6) is 5.75 Å². The molecule has 0 bridgehead atoms. The van der Waals surface area contributed by atoms with Gasteiger partial charge in [-0.05, 0) is 49.9 Å². The molecule has 0 amide bonds. The fraction of sp³-hybridized carbons (Fsp3) is 0.500. The van der Waals surface area contributed by atoms with Gasteiger partial charge in [0.15, 0.2) is 23.1 Å². The highest BCUT2D eigenvalue weighted by Gasteiger charge is 2.43. The first-order valence-electron chi connectivity index (χ1n) is 12.6. The Morgan fingerprint density at radius 3 is 2.44 bits per heavy atom. The summed E-state index contributed by atoms with van der Waals surface area (Å²) in [5.74, 6) is 2.52. The number of β-amino-alcohol motifs (C(OH)–C–C–N with tert-alkyl or cyclic N) is 1. The van der Waals surface area contributed by atoms with Gasteiger partial charge in [-0.2, -0.15) is 0 Å². The van der Waals surface area contributed by atoms with Gasteiger partial charge in [0.25, 0.3) is 0 Å². The van der Waals surface area contributed by atoms with E-state index in [1.807, 2.05) is 24.3 Å². The van der Waals surface area contributed by atoms with Crippen molar-refractivity contribution in [2.75, 3.05) is 61.1 Å². The van der Waals surface area contributed by atoms with Crippen molar-refractivity contribution in [2.45, 2.75) is 37.5 Å². The molecule has 0 unspecified atom stereocenters. The van der Waals surface area contributed by atoms with Crippen molar-refractivity contribution in [1.29, 1.82) is 0 Å². The molecule has 3 aromatic rings. The molecule has 2 saturated heterocycles. The average Bonchev–Trinajstić information content (AvgIpc) is 3.33. The summed E-state index contributed by atoms with van der Waals surface area (Å²) in [5.41, 5.74) is 0.0164. The van der Waals surface area contributed by atoms with Crippen LogP contribution in [0.4, 0.5) is 21.7 Å². The molecule has 3 aliphatic rings. The lowest BCUT2D eigenvalue weighted by molar-refractivity contribution is 0.0512. The molecule has 36 heavy (non-hydrogen) atoms. The number of rotatable bonds is 5. The Balaban J connectivity index is 1.37. The van der Waals surface area contributed by atoms with Crippen molar-refractivity contribution < 1.29 is 14.2 Å². The van der Waals surface area contributed by atoms with Gasteiger partial charge in [-0.15, -0.1) is 0 Å². The highest BCUT2D eigenvalue weighted by molar-refractivity contribution is 6.35. The van der Waals surface area contributed by atoms with Crippen LogP contribution in [0.25, 0.3) is 10.9 Å². The van der Waals surface area contributed by atoms with Crippen LogP contribution in [0, 0.1) is 0 Å². The number of fused-ring (bicyclic) bond motifs is 1. The van der Waals surface area contributed by atoms with E-state index in [2.05, 4.69) is 24.7 Å². The summed E-state index contributed by atoms with van der Waals surface area (Å²) in [5, 5.41) is 11.3. The standard InChI is InChI=1S/C26H30ClFN6O2/c1-36-21-4-2-8-29-24(21)33-12-10-32(11-13-33)23-19-14-17(34-9-5-18(35)16-34)15-20(27)22(19)30-25(31-23)26(28)6-3-7-26/h2,4,8,14-15,18,35H,3,5-7,9-13,16H2,1H3/t18-/m1/s1. The molecule has 190 valence electrons. The van der Waals surface area contributed by atoms with E-state index in [0.29, 0.717) is 43.0 Å². The molecular weight excluding hydrogens is 483 g/mol. The number of hydrogen-bond acceptors (Lipinski definition) is 8. The van der Waals surface area contributed by atoms with Crippen LogP contribution >= 0.6 is 11.6 Å². The van der Waals surface area contributed by atoms with Crippen molar-refractivity contribution >= 4 is 39.8 Å². The smallest absolute Gasteiger partial charge is 0.171 e. The first-order valence-corrected chi connectivity index (χ1v) is 13.0. The minimum absolute atomic E-state index is 0.233. The number of benzene rings is 1. The second-order valence-electron chi connectivity index (χ2n) is 9.91. The lowest BCUT2D eigenvalue weighted by Gasteiger charge is -2.38. The van der Waals surface area contributed by atoms with Crippen LogP contribution in [-0.2, 0) is 5.67 Å². The quantitative estimate of drug-likeness (QED) is 0.551. The minimum atomic E-state index is -1.49. The van der Waals surface area contributed by atoms with E-state index in [-0.39, 0.29) is 11.9 Å². The zero-order valence-electron chi connectivity index (χ0n) is 20.3. The molecule has 1 saturated carbocycles. The maximum absolute atomic E-state index is 15.5. The number of alkyl halides is 1. The number of aliphatic hydroxyl groups is 1. The summed E-state index contributed by atoms with van der Waals surface area (Å²) in [6.45, 7) is 4.15. The van der Waals surface area contributed by atoms with Gasteiger partial charge in [-0.25, -0.2) is 19.3 Å². The number of anilines is 3. The third-order valence-electron chi connectivity index (χ3n) is 7.64. The van der Waals surface area contributed by atoms with Gasteiger partial charge in [0.1, 0.15) is 5.82 Å². The van der Waals surface area contributed by atoms with E-state index in [1.165, 1.54) is 0 Å². The number of methoxy groups -OCH3 is 1. The Morgan fingerprint density at radius 1 is 1.06 bits per heavy atom. The summed E-state index contributed by atoms with van der Waals surface area (Å²) < 4.78 is 21.0. The molecule has 1 aliphatic carbocycles. The van der Waals surface area contributed by atoms with E-state index in [1.54, 1.807) is 13.3 Å². The Morgan fingerprint density at radius 2 is 1.81 bits per heavy atom. The second-order valence-corrected chi connectivity index (χ2v) is 10.3. The molecule has 2 aromatic heterocycles. The van der Waals surface area contributed by atoms with E-state index >= 15 is 4.39 Å². The normalized spacial score (nSPS) is 21.7. The van der Waals surface area contributed by atoms with E-state index in [4.69, 9.17) is 21.3 Å². The molecule has 8 nitrogen and oxygen atoms in total. The average molecular weight is 513 g/mol. The molecular formula is C26H30ClFN6O2. The highest BCUT2D eigenvalue weighted by atomic mass is 35.5. The first kappa shape index (κ1) is 23.5. The molecule has 3 fully saturated rings. The summed E-state index contributed by atoms with van der Waals surface area (Å²) >= 11 is 6.76. The van der Waals surface area contributed by atoms with Crippen molar-refractivity contribution in [3.05, 3.63) is 41.3 Å². The number of aliphatic hydroxyl groups excluding tert-OH is 1. The summed E-state index contributed by atoms with van der Waals surface area (Å²) in [4.78, 5) is 20.5. The minimum Gasteiger partial charge on any atom is -0.493 e. The maximum atomic E-state index is 15.5. The monoisotopic (exact) mass is 512 g/mol. The molecule has 6 rings (SSSR count). The molecule has 4 heterocycles. The zero-order chi connectivity index (χ0) is 24.9. The van der Waals surface area contributed by atoms with Crippen LogP contribution in [0.3, 0.4) is 0 Å². The van der Waals surface area contributed by atoms with Crippen molar-refractivity contribution in [3.8, 4) is 5.75 Å². The topological polar surface area (TPSA) is 77.9 Å². The molecule has 1 atom stereocenters. The van der Waals surface area contributed by atoms with Gasteiger partial charge >= 0.3 is 0 Å². The van der Waals surface area contributed by atoms with Gasteiger partial charge in [0, 0.05) is 56.5 Å². The fourth-order valence-corrected chi connectivity index (χ4v) is 5.64. The highest BCUT2D eigenvalue weighted by Crippen LogP contribution is 2.45. The molecule has 1 N–H and O–H groups in total. The van der Waals surface area contributed by atoms with E-state index in [0.717, 1.165) is 60.9 Å².